The van der Waals surface area contributed by atoms with E-state index in [1.165, 1.54) is 18.3 Å². The molecule has 0 radical (unpaired) electrons. The fourth-order valence-electron chi connectivity index (χ4n) is 1.28. The summed E-state index contributed by atoms with van der Waals surface area (Å²) in [6.45, 7) is -3.14. The van der Waals surface area contributed by atoms with E-state index in [1.807, 2.05) is 5.32 Å². The molecular weight excluding hydrogens is 256 g/mol. The van der Waals surface area contributed by atoms with Crippen LogP contribution in [-0.4, -0.2) is 41.1 Å². The van der Waals surface area contributed by atoms with E-state index in [-0.39, 0.29) is 5.69 Å². The summed E-state index contributed by atoms with van der Waals surface area (Å²) in [6.07, 6.45) is -1.39. The zero-order valence-electron chi connectivity index (χ0n) is 9.25. The molecule has 1 aromatic rings. The van der Waals surface area contributed by atoms with Crippen molar-refractivity contribution >= 4 is 5.91 Å². The zero-order valence-corrected chi connectivity index (χ0v) is 9.25. The maximum absolute atomic E-state index is 12.7. The van der Waals surface area contributed by atoms with Crippen molar-refractivity contribution in [1.29, 1.82) is 0 Å². The number of hydrogen-bond donors (Lipinski definition) is 2. The van der Waals surface area contributed by atoms with Crippen molar-refractivity contribution in [2.75, 3.05) is 13.2 Å². The largest absolute Gasteiger partial charge is 0.390 e. The molecule has 1 heterocycles. The first-order chi connectivity index (χ1) is 8.35. The fraction of sp³-hybridized carbons (Fsp3) is 0.500. The molecule has 2 N–H and O–H groups in total. The molecule has 18 heavy (non-hydrogen) atoms. The lowest BCUT2D eigenvalue weighted by molar-refractivity contribution is -0.0462. The number of nitrogens with one attached hydrogen (secondary N) is 1. The Labute approximate surface area is 100 Å². The maximum Gasteiger partial charge on any atom is 0.287 e. The lowest BCUT2D eigenvalue weighted by atomic mass is 10.3. The Morgan fingerprint density at radius 3 is 2.72 bits per heavy atom. The van der Waals surface area contributed by atoms with Gasteiger partial charge in [0.05, 0.1) is 13.1 Å². The normalized spacial score (nSPS) is 11.9. The van der Waals surface area contributed by atoms with Gasteiger partial charge in [-0.25, -0.2) is 17.6 Å². The second-order valence-electron chi connectivity index (χ2n) is 3.63. The van der Waals surface area contributed by atoms with Crippen LogP contribution in [0.15, 0.2) is 18.3 Å². The molecule has 0 saturated carbocycles. The highest BCUT2D eigenvalue weighted by atomic mass is 19.3. The van der Waals surface area contributed by atoms with Gasteiger partial charge in [0.15, 0.2) is 0 Å². The summed E-state index contributed by atoms with van der Waals surface area (Å²) >= 11 is 0. The Morgan fingerprint density at radius 1 is 1.50 bits per heavy atom. The van der Waals surface area contributed by atoms with E-state index < -0.39 is 38.0 Å². The molecule has 1 rings (SSSR count). The fourth-order valence-corrected chi connectivity index (χ4v) is 1.28. The van der Waals surface area contributed by atoms with Crippen molar-refractivity contribution in [2.24, 2.45) is 0 Å². The predicted octanol–water partition coefficient (Wildman–Crippen LogP) is 1.11. The molecule has 1 aromatic heterocycles. The van der Waals surface area contributed by atoms with Gasteiger partial charge in [0, 0.05) is 6.20 Å². The van der Waals surface area contributed by atoms with Gasteiger partial charge in [-0.2, -0.15) is 0 Å². The van der Waals surface area contributed by atoms with Crippen LogP contribution in [0.2, 0.25) is 0 Å². The van der Waals surface area contributed by atoms with Crippen molar-refractivity contribution < 1.29 is 27.5 Å². The Morgan fingerprint density at radius 2 is 2.17 bits per heavy atom. The topological polar surface area (TPSA) is 54.3 Å². The molecule has 4 nitrogen and oxygen atoms in total. The minimum atomic E-state index is -3.43. The molecule has 0 unspecified atom stereocenters. The number of aliphatic hydroxyl groups excluding tert-OH is 1. The molecule has 0 aromatic carbocycles. The van der Waals surface area contributed by atoms with E-state index >= 15 is 0 Å². The van der Waals surface area contributed by atoms with E-state index in [9.17, 15) is 22.4 Å². The Bertz CT molecular complexity index is 406. The number of halogens is 4. The summed E-state index contributed by atoms with van der Waals surface area (Å²) in [5.41, 5.74) is -0.135. The standard InChI is InChI=1S/C10H12F4N2O2/c11-8(12)4-16-3-1-2-7(16)9(18)15-5-10(13,14)6-17/h1-3,8,17H,4-6H2,(H,15,18). The number of hydrogen-bond acceptors (Lipinski definition) is 2. The lowest BCUT2D eigenvalue weighted by Crippen LogP contribution is -2.39. The Kier molecular flexibility index (Phi) is 4.71. The average molecular weight is 268 g/mol. The van der Waals surface area contributed by atoms with Gasteiger partial charge in [0.25, 0.3) is 18.3 Å². The van der Waals surface area contributed by atoms with Gasteiger partial charge in [0.2, 0.25) is 0 Å². The van der Waals surface area contributed by atoms with E-state index in [0.29, 0.717) is 0 Å². The average Bonchev–Trinajstić information content (AvgIpc) is 2.73. The van der Waals surface area contributed by atoms with E-state index in [1.54, 1.807) is 0 Å². The monoisotopic (exact) mass is 268 g/mol. The van der Waals surface area contributed by atoms with Crippen LogP contribution in [0.4, 0.5) is 17.6 Å². The summed E-state index contributed by atoms with van der Waals surface area (Å²) < 4.78 is 50.6. The number of alkyl halides is 4. The number of carbonyl (C=O) groups excluding carboxylic acids is 1. The zero-order chi connectivity index (χ0) is 13.8. The van der Waals surface area contributed by atoms with Crippen molar-refractivity contribution in [3.8, 4) is 0 Å². The van der Waals surface area contributed by atoms with E-state index in [4.69, 9.17) is 5.11 Å². The van der Waals surface area contributed by atoms with Crippen molar-refractivity contribution in [3.05, 3.63) is 24.0 Å². The first-order valence-electron chi connectivity index (χ1n) is 5.06. The van der Waals surface area contributed by atoms with Crippen LogP contribution in [0.1, 0.15) is 10.5 Å². The first-order valence-corrected chi connectivity index (χ1v) is 5.06. The number of nitrogens with zero attached hydrogens (tertiary/aromatic N) is 1. The highest BCUT2D eigenvalue weighted by Crippen LogP contribution is 2.11. The van der Waals surface area contributed by atoms with Gasteiger partial charge in [-0.05, 0) is 12.1 Å². The summed E-state index contributed by atoms with van der Waals surface area (Å²) in [5, 5.41) is 10.2. The third-order valence-corrected chi connectivity index (χ3v) is 2.14. The summed E-state index contributed by atoms with van der Waals surface area (Å²) in [4.78, 5) is 11.5. The summed E-state index contributed by atoms with van der Waals surface area (Å²) in [6, 6.07) is 2.61. The van der Waals surface area contributed by atoms with Crippen LogP contribution in [-0.2, 0) is 6.54 Å². The highest BCUT2D eigenvalue weighted by molar-refractivity contribution is 5.92. The van der Waals surface area contributed by atoms with Crippen LogP contribution in [0, 0.1) is 0 Å². The Balaban J connectivity index is 2.65. The molecule has 0 spiro atoms. The molecule has 0 atom stereocenters. The SMILES string of the molecule is O=C(NCC(F)(F)CO)c1cccn1CC(F)F. The molecule has 0 bridgehead atoms. The summed E-state index contributed by atoms with van der Waals surface area (Å²) in [5.74, 6) is -4.33. The van der Waals surface area contributed by atoms with Gasteiger partial charge in [-0.3, -0.25) is 4.79 Å². The number of amides is 1. The molecule has 0 fully saturated rings. The number of aromatic nitrogens is 1. The van der Waals surface area contributed by atoms with E-state index in [2.05, 4.69) is 0 Å². The molecule has 0 saturated heterocycles. The second kappa shape index (κ2) is 5.85. The van der Waals surface area contributed by atoms with Crippen molar-refractivity contribution in [1.82, 2.24) is 9.88 Å². The second-order valence-corrected chi connectivity index (χ2v) is 3.63. The van der Waals surface area contributed by atoms with E-state index in [0.717, 1.165) is 4.57 Å². The van der Waals surface area contributed by atoms with Crippen LogP contribution >= 0.6 is 0 Å². The first kappa shape index (κ1) is 14.5. The quantitative estimate of drug-likeness (QED) is 0.759. The van der Waals surface area contributed by atoms with Gasteiger partial charge in [-0.15, -0.1) is 0 Å². The molecular formula is C10H12F4N2O2. The third kappa shape index (κ3) is 4.02. The van der Waals surface area contributed by atoms with Crippen LogP contribution in [0.25, 0.3) is 0 Å². The van der Waals surface area contributed by atoms with Crippen molar-refractivity contribution in [2.45, 2.75) is 18.9 Å². The van der Waals surface area contributed by atoms with Crippen molar-refractivity contribution in [3.63, 3.8) is 0 Å². The molecule has 8 heteroatoms. The Hall–Kier alpha value is -1.57. The van der Waals surface area contributed by atoms with Crippen LogP contribution < -0.4 is 5.32 Å². The maximum atomic E-state index is 12.7. The van der Waals surface area contributed by atoms with Gasteiger partial charge < -0.3 is 15.0 Å². The highest BCUT2D eigenvalue weighted by Gasteiger charge is 2.28. The number of rotatable bonds is 6. The summed E-state index contributed by atoms with van der Waals surface area (Å²) in [7, 11) is 0. The molecule has 102 valence electrons. The molecule has 0 aliphatic rings. The minimum absolute atomic E-state index is 0.135. The molecule has 0 aliphatic heterocycles. The third-order valence-electron chi connectivity index (χ3n) is 2.14. The smallest absolute Gasteiger partial charge is 0.287 e. The minimum Gasteiger partial charge on any atom is -0.390 e. The van der Waals surface area contributed by atoms with Gasteiger partial charge in [-0.1, -0.05) is 0 Å². The van der Waals surface area contributed by atoms with Crippen LogP contribution in [0.3, 0.4) is 0 Å². The van der Waals surface area contributed by atoms with Crippen LogP contribution in [0.5, 0.6) is 0 Å². The molecule has 0 aliphatic carbocycles. The number of aliphatic hydroxyl groups is 1. The number of carbonyl (C=O) groups is 1. The lowest BCUT2D eigenvalue weighted by Gasteiger charge is -2.14. The van der Waals surface area contributed by atoms with Gasteiger partial charge in [0.1, 0.15) is 12.3 Å². The van der Waals surface area contributed by atoms with Gasteiger partial charge >= 0.3 is 0 Å². The molecule has 1 amide bonds. The predicted molar refractivity (Wildman–Crippen MR) is 54.8 cm³/mol.